The van der Waals surface area contributed by atoms with Crippen LogP contribution in [0.4, 0.5) is 0 Å². The Labute approximate surface area is 154 Å². The van der Waals surface area contributed by atoms with Gasteiger partial charge in [0.15, 0.2) is 14.1 Å². The Balaban J connectivity index is 2.28. The number of hydrogen-bond acceptors (Lipinski definition) is 4. The van der Waals surface area contributed by atoms with E-state index in [1.165, 1.54) is 0 Å². The Morgan fingerprint density at radius 3 is 2.33 bits per heavy atom. The highest BCUT2D eigenvalue weighted by Crippen LogP contribution is 2.40. The standard InChI is InChI=1S/C17H24Cl2N2O2Si/c1-17(2,3)24(4,5)23-14(12-6-8-13(19)9-7-12)10-15-20-16(11-18)22-21-15/h6-9,14H,10-11H2,1-5H3/t14-/m0/s1. The van der Waals surface area contributed by atoms with Crippen LogP contribution in [0.15, 0.2) is 28.8 Å². The van der Waals surface area contributed by atoms with Crippen molar-refractivity contribution in [1.82, 2.24) is 10.1 Å². The first-order valence-corrected chi connectivity index (χ1v) is 11.7. The van der Waals surface area contributed by atoms with Crippen molar-refractivity contribution in [2.24, 2.45) is 0 Å². The monoisotopic (exact) mass is 386 g/mol. The zero-order valence-electron chi connectivity index (χ0n) is 14.8. The molecule has 0 spiro atoms. The van der Waals surface area contributed by atoms with E-state index in [9.17, 15) is 0 Å². The van der Waals surface area contributed by atoms with Gasteiger partial charge in [-0.1, -0.05) is 49.7 Å². The second-order valence-corrected chi connectivity index (χ2v) is 12.8. The lowest BCUT2D eigenvalue weighted by Gasteiger charge is -2.39. The van der Waals surface area contributed by atoms with Crippen molar-refractivity contribution in [2.75, 3.05) is 0 Å². The second kappa shape index (κ2) is 7.56. The number of rotatable bonds is 6. The van der Waals surface area contributed by atoms with Crippen molar-refractivity contribution in [3.8, 4) is 0 Å². The molecule has 0 unspecified atom stereocenters. The molecule has 0 aliphatic rings. The van der Waals surface area contributed by atoms with E-state index >= 15 is 0 Å². The van der Waals surface area contributed by atoms with Crippen LogP contribution >= 0.6 is 23.2 Å². The first-order chi connectivity index (χ1) is 11.1. The fourth-order valence-corrected chi connectivity index (χ4v) is 3.55. The minimum Gasteiger partial charge on any atom is -0.409 e. The normalized spacial score (nSPS) is 14.0. The van der Waals surface area contributed by atoms with Crippen LogP contribution in [-0.2, 0) is 16.7 Å². The largest absolute Gasteiger partial charge is 0.409 e. The average Bonchev–Trinajstić information content (AvgIpc) is 2.93. The van der Waals surface area contributed by atoms with E-state index in [-0.39, 0.29) is 17.0 Å². The van der Waals surface area contributed by atoms with Gasteiger partial charge in [0.05, 0.1) is 6.10 Å². The van der Waals surface area contributed by atoms with Crippen LogP contribution in [0.25, 0.3) is 0 Å². The van der Waals surface area contributed by atoms with E-state index in [2.05, 4.69) is 44.0 Å². The summed E-state index contributed by atoms with van der Waals surface area (Å²) in [6.45, 7) is 11.1. The summed E-state index contributed by atoms with van der Waals surface area (Å²) in [5, 5.41) is 4.81. The van der Waals surface area contributed by atoms with Crippen LogP contribution < -0.4 is 0 Å². The van der Waals surface area contributed by atoms with Crippen molar-refractivity contribution in [2.45, 2.75) is 57.3 Å². The SMILES string of the molecule is CC(C)(C)[Si](C)(C)O[C@@H](Cc1noc(CCl)n1)c1ccc(Cl)cc1. The number of hydrogen-bond donors (Lipinski definition) is 0. The van der Waals surface area contributed by atoms with E-state index in [0.717, 1.165) is 5.56 Å². The number of benzene rings is 1. The topological polar surface area (TPSA) is 48.2 Å². The molecule has 0 radical (unpaired) electrons. The van der Waals surface area contributed by atoms with Crippen LogP contribution in [0.5, 0.6) is 0 Å². The maximum Gasteiger partial charge on any atom is 0.241 e. The molecule has 0 bridgehead atoms. The molecule has 2 aromatic rings. The van der Waals surface area contributed by atoms with Gasteiger partial charge in [-0.2, -0.15) is 4.98 Å². The number of aromatic nitrogens is 2. The van der Waals surface area contributed by atoms with Crippen molar-refractivity contribution in [1.29, 1.82) is 0 Å². The predicted molar refractivity (Wildman–Crippen MR) is 100 cm³/mol. The van der Waals surface area contributed by atoms with Gasteiger partial charge in [-0.25, -0.2) is 0 Å². The third-order valence-electron chi connectivity index (χ3n) is 4.48. The van der Waals surface area contributed by atoms with Crippen molar-refractivity contribution < 1.29 is 8.95 Å². The van der Waals surface area contributed by atoms with Gasteiger partial charge in [0.25, 0.3) is 0 Å². The van der Waals surface area contributed by atoms with Crippen LogP contribution in [-0.4, -0.2) is 18.5 Å². The van der Waals surface area contributed by atoms with E-state index in [4.69, 9.17) is 32.2 Å². The van der Waals surface area contributed by atoms with Gasteiger partial charge < -0.3 is 8.95 Å². The van der Waals surface area contributed by atoms with E-state index in [1.54, 1.807) is 0 Å². The molecule has 24 heavy (non-hydrogen) atoms. The Hall–Kier alpha value is -0.883. The molecule has 0 aliphatic carbocycles. The van der Waals surface area contributed by atoms with Crippen molar-refractivity contribution in [3.63, 3.8) is 0 Å². The van der Waals surface area contributed by atoms with Gasteiger partial charge >= 0.3 is 0 Å². The maximum atomic E-state index is 6.62. The number of alkyl halides is 1. The summed E-state index contributed by atoms with van der Waals surface area (Å²) in [6, 6.07) is 7.73. The maximum absolute atomic E-state index is 6.62. The third kappa shape index (κ3) is 4.82. The van der Waals surface area contributed by atoms with Crippen LogP contribution in [0.2, 0.25) is 23.2 Å². The van der Waals surface area contributed by atoms with Gasteiger partial charge in [0, 0.05) is 11.4 Å². The Morgan fingerprint density at radius 1 is 1.21 bits per heavy atom. The molecule has 2 rings (SSSR count). The minimum absolute atomic E-state index is 0.107. The molecule has 1 heterocycles. The Morgan fingerprint density at radius 2 is 1.83 bits per heavy atom. The molecule has 0 aliphatic heterocycles. The smallest absolute Gasteiger partial charge is 0.241 e. The number of halogens is 2. The highest BCUT2D eigenvalue weighted by atomic mass is 35.5. The molecule has 1 aromatic heterocycles. The first-order valence-electron chi connectivity index (χ1n) is 7.93. The molecule has 132 valence electrons. The van der Waals surface area contributed by atoms with Gasteiger partial charge in [-0.05, 0) is 35.8 Å². The van der Waals surface area contributed by atoms with Crippen molar-refractivity contribution >= 4 is 31.5 Å². The molecule has 4 nitrogen and oxygen atoms in total. The van der Waals surface area contributed by atoms with Gasteiger partial charge in [-0.15, -0.1) is 11.6 Å². The lowest BCUT2D eigenvalue weighted by Crippen LogP contribution is -2.42. The molecule has 1 atom stereocenters. The quantitative estimate of drug-likeness (QED) is 0.467. The lowest BCUT2D eigenvalue weighted by molar-refractivity contribution is 0.180. The molecule has 0 amide bonds. The Kier molecular flexibility index (Phi) is 6.12. The van der Waals surface area contributed by atoms with E-state index in [1.807, 2.05) is 24.3 Å². The highest BCUT2D eigenvalue weighted by molar-refractivity contribution is 6.74. The zero-order valence-corrected chi connectivity index (χ0v) is 17.3. The van der Waals surface area contributed by atoms with Crippen LogP contribution in [0.1, 0.15) is 44.2 Å². The summed E-state index contributed by atoms with van der Waals surface area (Å²) in [5.74, 6) is 1.24. The summed E-state index contributed by atoms with van der Waals surface area (Å²) in [6.07, 6.45) is 0.387. The van der Waals surface area contributed by atoms with Crippen molar-refractivity contribution in [3.05, 3.63) is 46.6 Å². The van der Waals surface area contributed by atoms with E-state index in [0.29, 0.717) is 23.2 Å². The highest BCUT2D eigenvalue weighted by Gasteiger charge is 2.39. The van der Waals surface area contributed by atoms with E-state index < -0.39 is 8.32 Å². The predicted octanol–water partition coefficient (Wildman–Crippen LogP) is 5.77. The fourth-order valence-electron chi connectivity index (χ4n) is 2.03. The summed E-state index contributed by atoms with van der Waals surface area (Å²) >= 11 is 11.8. The third-order valence-corrected chi connectivity index (χ3v) is 9.44. The molecule has 0 saturated carbocycles. The molecule has 0 fully saturated rings. The summed E-state index contributed by atoms with van der Waals surface area (Å²) in [7, 11) is -1.96. The summed E-state index contributed by atoms with van der Waals surface area (Å²) < 4.78 is 11.7. The summed E-state index contributed by atoms with van der Waals surface area (Å²) in [5.41, 5.74) is 1.06. The second-order valence-electron chi connectivity index (χ2n) is 7.36. The first kappa shape index (κ1) is 19.4. The molecular weight excluding hydrogens is 363 g/mol. The molecule has 1 aromatic carbocycles. The average molecular weight is 387 g/mol. The molecule has 0 N–H and O–H groups in total. The molecule has 0 saturated heterocycles. The van der Waals surface area contributed by atoms with Crippen LogP contribution in [0, 0.1) is 0 Å². The van der Waals surface area contributed by atoms with Gasteiger partial charge in [-0.3, -0.25) is 0 Å². The minimum atomic E-state index is -1.96. The van der Waals surface area contributed by atoms with Gasteiger partial charge in [0.2, 0.25) is 5.89 Å². The van der Waals surface area contributed by atoms with Gasteiger partial charge in [0.1, 0.15) is 5.88 Å². The zero-order chi connectivity index (χ0) is 18.0. The Bertz CT molecular complexity index is 666. The fraction of sp³-hybridized carbons (Fsp3) is 0.529. The molecular formula is C17H24Cl2N2O2Si. The van der Waals surface area contributed by atoms with Crippen LogP contribution in [0.3, 0.4) is 0 Å². The number of nitrogens with zero attached hydrogens (tertiary/aromatic N) is 2. The summed E-state index contributed by atoms with van der Waals surface area (Å²) in [4.78, 5) is 4.30. The lowest BCUT2D eigenvalue weighted by atomic mass is 10.1. The molecule has 7 heteroatoms.